The Hall–Kier alpha value is -1.90. The van der Waals surface area contributed by atoms with Gasteiger partial charge >= 0.3 is 0 Å². The van der Waals surface area contributed by atoms with Gasteiger partial charge in [0.05, 0.1) is 5.52 Å². The summed E-state index contributed by atoms with van der Waals surface area (Å²) in [5.74, 6) is 0. The van der Waals surface area contributed by atoms with Crippen molar-refractivity contribution < 1.29 is 0 Å². The van der Waals surface area contributed by atoms with Crippen LogP contribution in [-0.2, 0) is 6.54 Å². The molecule has 0 fully saturated rings. The maximum atomic E-state index is 6.29. The lowest BCUT2D eigenvalue weighted by Gasteiger charge is -2.10. The number of nitrogens with one attached hydrogen (secondary N) is 1. The van der Waals surface area contributed by atoms with Crippen molar-refractivity contribution in [2.75, 3.05) is 6.54 Å². The molecule has 3 aromatic rings. The monoisotopic (exact) mass is 296 g/mol. The molecule has 0 unspecified atom stereocenters. The standard InChI is InChI=1S/C18H17ClN2/c1-2-20-12-14-11-13(8-9-17(14)19)15-5-3-7-18-16(15)6-4-10-21-18/h3-11,20H,2,12H2,1H3. The fourth-order valence-electron chi connectivity index (χ4n) is 2.49. The number of rotatable bonds is 4. The van der Waals surface area contributed by atoms with Gasteiger partial charge in [-0.25, -0.2) is 0 Å². The minimum Gasteiger partial charge on any atom is -0.313 e. The van der Waals surface area contributed by atoms with E-state index in [1.54, 1.807) is 0 Å². The van der Waals surface area contributed by atoms with E-state index >= 15 is 0 Å². The van der Waals surface area contributed by atoms with Gasteiger partial charge in [0.2, 0.25) is 0 Å². The minimum atomic E-state index is 0.784. The molecule has 1 heterocycles. The summed E-state index contributed by atoms with van der Waals surface area (Å²) >= 11 is 6.29. The summed E-state index contributed by atoms with van der Waals surface area (Å²) in [7, 11) is 0. The van der Waals surface area contributed by atoms with E-state index in [0.717, 1.165) is 34.6 Å². The summed E-state index contributed by atoms with van der Waals surface area (Å²) in [4.78, 5) is 4.42. The Morgan fingerprint density at radius 1 is 1.10 bits per heavy atom. The predicted octanol–water partition coefficient (Wildman–Crippen LogP) is 4.66. The van der Waals surface area contributed by atoms with Crippen LogP contribution in [0.25, 0.3) is 22.0 Å². The van der Waals surface area contributed by atoms with E-state index in [2.05, 4.69) is 41.5 Å². The first-order valence-corrected chi connectivity index (χ1v) is 7.50. The minimum absolute atomic E-state index is 0.784. The summed E-state index contributed by atoms with van der Waals surface area (Å²) in [6.07, 6.45) is 1.82. The van der Waals surface area contributed by atoms with Gasteiger partial charge < -0.3 is 5.32 Å². The van der Waals surface area contributed by atoms with Gasteiger partial charge in [-0.1, -0.05) is 42.8 Å². The first-order chi connectivity index (χ1) is 10.3. The highest BCUT2D eigenvalue weighted by Crippen LogP contribution is 2.30. The third-order valence-electron chi connectivity index (χ3n) is 3.57. The Labute approximate surface area is 129 Å². The molecular formula is C18H17ClN2. The third-order valence-corrected chi connectivity index (χ3v) is 3.94. The van der Waals surface area contributed by atoms with E-state index in [1.165, 1.54) is 11.1 Å². The number of hydrogen-bond acceptors (Lipinski definition) is 2. The fourth-order valence-corrected chi connectivity index (χ4v) is 2.68. The average Bonchev–Trinajstić information content (AvgIpc) is 2.54. The van der Waals surface area contributed by atoms with Crippen molar-refractivity contribution >= 4 is 22.5 Å². The second-order valence-corrected chi connectivity index (χ2v) is 5.37. The van der Waals surface area contributed by atoms with Crippen LogP contribution in [0.3, 0.4) is 0 Å². The van der Waals surface area contributed by atoms with Crippen molar-refractivity contribution in [3.05, 3.63) is 65.3 Å². The van der Waals surface area contributed by atoms with Gasteiger partial charge in [0.1, 0.15) is 0 Å². The largest absolute Gasteiger partial charge is 0.313 e. The number of hydrogen-bond donors (Lipinski definition) is 1. The highest BCUT2D eigenvalue weighted by atomic mass is 35.5. The van der Waals surface area contributed by atoms with Crippen LogP contribution < -0.4 is 5.32 Å². The molecule has 1 aromatic heterocycles. The summed E-state index contributed by atoms with van der Waals surface area (Å²) in [5.41, 5.74) is 4.50. The van der Waals surface area contributed by atoms with Gasteiger partial charge in [-0.2, -0.15) is 0 Å². The van der Waals surface area contributed by atoms with Gasteiger partial charge in [-0.05, 0) is 47.5 Å². The maximum Gasteiger partial charge on any atom is 0.0708 e. The zero-order valence-corrected chi connectivity index (χ0v) is 12.7. The molecule has 0 aliphatic carbocycles. The lowest BCUT2D eigenvalue weighted by atomic mass is 9.99. The van der Waals surface area contributed by atoms with E-state index in [0.29, 0.717) is 0 Å². The number of aromatic nitrogens is 1. The molecule has 3 rings (SSSR count). The first-order valence-electron chi connectivity index (χ1n) is 7.13. The van der Waals surface area contributed by atoms with Gasteiger partial charge in [-0.15, -0.1) is 0 Å². The van der Waals surface area contributed by atoms with E-state index in [1.807, 2.05) is 30.5 Å². The van der Waals surface area contributed by atoms with Crippen LogP contribution in [0.5, 0.6) is 0 Å². The van der Waals surface area contributed by atoms with Gasteiger partial charge in [0.15, 0.2) is 0 Å². The van der Waals surface area contributed by atoms with Gasteiger partial charge in [0.25, 0.3) is 0 Å². The van der Waals surface area contributed by atoms with Crippen molar-refractivity contribution in [3.63, 3.8) is 0 Å². The number of benzene rings is 2. The van der Waals surface area contributed by atoms with Crippen molar-refractivity contribution in [3.8, 4) is 11.1 Å². The second kappa shape index (κ2) is 6.25. The maximum absolute atomic E-state index is 6.29. The molecule has 0 saturated carbocycles. The molecule has 1 N–H and O–H groups in total. The van der Waals surface area contributed by atoms with Crippen molar-refractivity contribution in [2.45, 2.75) is 13.5 Å². The zero-order valence-electron chi connectivity index (χ0n) is 11.9. The second-order valence-electron chi connectivity index (χ2n) is 4.96. The molecule has 3 heteroatoms. The smallest absolute Gasteiger partial charge is 0.0708 e. The Morgan fingerprint density at radius 2 is 2.00 bits per heavy atom. The molecule has 0 radical (unpaired) electrons. The SMILES string of the molecule is CCNCc1cc(-c2cccc3ncccc23)ccc1Cl. The molecular weight excluding hydrogens is 280 g/mol. The van der Waals surface area contributed by atoms with E-state index in [9.17, 15) is 0 Å². The molecule has 0 aliphatic rings. The van der Waals surface area contributed by atoms with Crippen LogP contribution >= 0.6 is 11.6 Å². The zero-order chi connectivity index (χ0) is 14.7. The molecule has 2 aromatic carbocycles. The molecule has 0 bridgehead atoms. The first kappa shape index (κ1) is 14.1. The van der Waals surface area contributed by atoms with Crippen molar-refractivity contribution in [1.29, 1.82) is 0 Å². The average molecular weight is 297 g/mol. The Balaban J connectivity index is 2.10. The topological polar surface area (TPSA) is 24.9 Å². The van der Waals surface area contributed by atoms with E-state index in [-0.39, 0.29) is 0 Å². The normalized spacial score (nSPS) is 11.0. The quantitative estimate of drug-likeness (QED) is 0.757. The molecule has 2 nitrogen and oxygen atoms in total. The summed E-state index contributed by atoms with van der Waals surface area (Å²) < 4.78 is 0. The molecule has 106 valence electrons. The Morgan fingerprint density at radius 3 is 2.86 bits per heavy atom. The van der Waals surface area contributed by atoms with Crippen molar-refractivity contribution in [2.24, 2.45) is 0 Å². The number of pyridine rings is 1. The van der Waals surface area contributed by atoms with Gasteiger partial charge in [-0.3, -0.25) is 4.98 Å². The Kier molecular flexibility index (Phi) is 4.18. The van der Waals surface area contributed by atoms with E-state index in [4.69, 9.17) is 11.6 Å². The lowest BCUT2D eigenvalue weighted by molar-refractivity contribution is 0.727. The highest BCUT2D eigenvalue weighted by Gasteiger charge is 2.07. The summed E-state index contributed by atoms with van der Waals surface area (Å²) in [5, 5.41) is 5.29. The number of fused-ring (bicyclic) bond motifs is 1. The summed E-state index contributed by atoms with van der Waals surface area (Å²) in [6, 6.07) is 16.5. The van der Waals surface area contributed by atoms with E-state index < -0.39 is 0 Å². The summed E-state index contributed by atoms with van der Waals surface area (Å²) in [6.45, 7) is 3.80. The van der Waals surface area contributed by atoms with Crippen molar-refractivity contribution in [1.82, 2.24) is 10.3 Å². The molecule has 0 spiro atoms. The van der Waals surface area contributed by atoms with Crippen LogP contribution in [0.15, 0.2) is 54.7 Å². The lowest BCUT2D eigenvalue weighted by Crippen LogP contribution is -2.12. The molecule has 0 amide bonds. The molecule has 0 saturated heterocycles. The molecule has 0 aliphatic heterocycles. The van der Waals surface area contributed by atoms with Gasteiger partial charge in [0, 0.05) is 23.2 Å². The highest BCUT2D eigenvalue weighted by molar-refractivity contribution is 6.31. The van der Waals surface area contributed by atoms with Crippen LogP contribution in [0.1, 0.15) is 12.5 Å². The Bertz CT molecular complexity index is 763. The fraction of sp³-hybridized carbons (Fsp3) is 0.167. The molecule has 0 atom stereocenters. The van der Waals surface area contributed by atoms with Crippen LogP contribution in [0.2, 0.25) is 5.02 Å². The van der Waals surface area contributed by atoms with Crippen LogP contribution in [-0.4, -0.2) is 11.5 Å². The third kappa shape index (κ3) is 2.92. The van der Waals surface area contributed by atoms with Crippen LogP contribution in [0.4, 0.5) is 0 Å². The number of nitrogens with zero attached hydrogens (tertiary/aromatic N) is 1. The molecule has 21 heavy (non-hydrogen) atoms. The number of halogens is 1. The van der Waals surface area contributed by atoms with Crippen LogP contribution in [0, 0.1) is 0 Å². The predicted molar refractivity (Wildman–Crippen MR) is 89.6 cm³/mol.